The van der Waals surface area contributed by atoms with E-state index in [0.29, 0.717) is 17.9 Å². The zero-order chi connectivity index (χ0) is 14.7. The predicted molar refractivity (Wildman–Crippen MR) is 71.9 cm³/mol. The third-order valence-corrected chi connectivity index (χ3v) is 2.88. The molecule has 1 aromatic heterocycles. The molecule has 0 saturated heterocycles. The summed E-state index contributed by atoms with van der Waals surface area (Å²) in [6, 6.07) is 7.10. The number of aryl methyl sites for hydroxylation is 2. The lowest BCUT2D eigenvalue weighted by Crippen LogP contribution is -2.00. The molecule has 0 radical (unpaired) electrons. The van der Waals surface area contributed by atoms with Crippen LogP contribution in [0.4, 0.5) is 5.69 Å². The highest BCUT2D eigenvalue weighted by atomic mass is 16.6. The first kappa shape index (κ1) is 14.0. The maximum Gasteiger partial charge on any atom is 0.353 e. The molecule has 0 unspecified atom stereocenters. The van der Waals surface area contributed by atoms with Gasteiger partial charge in [0.2, 0.25) is 0 Å². The molecule has 7 heteroatoms. The Hall–Kier alpha value is -2.41. The summed E-state index contributed by atoms with van der Waals surface area (Å²) in [7, 11) is 1.59. The summed E-state index contributed by atoms with van der Waals surface area (Å²) in [4.78, 5) is 10.6. The van der Waals surface area contributed by atoms with Crippen LogP contribution in [0.5, 0.6) is 11.6 Å². The monoisotopic (exact) mass is 277 g/mol. The quantitative estimate of drug-likeness (QED) is 0.666. The molecule has 0 aliphatic heterocycles. The maximum atomic E-state index is 11.1. The summed E-state index contributed by atoms with van der Waals surface area (Å²) < 4.78 is 6.99. The zero-order valence-corrected chi connectivity index (χ0v) is 11.2. The topological polar surface area (TPSA) is 90.4 Å². The third-order valence-electron chi connectivity index (χ3n) is 2.88. The Morgan fingerprint density at radius 1 is 1.45 bits per heavy atom. The molecule has 2 rings (SSSR count). The lowest BCUT2D eigenvalue weighted by Gasteiger charge is -2.09. The largest absolute Gasteiger partial charge is 0.434 e. The van der Waals surface area contributed by atoms with Crippen molar-refractivity contribution in [2.24, 2.45) is 7.05 Å². The standard InChI is InChI=1S/C13H15N3O4/c1-9-12(16(18)19)13(15(2)14-9)20-11-6-4-3-5-10(11)7-8-17/h3-6,17H,7-8H2,1-2H3. The Labute approximate surface area is 115 Å². The number of para-hydroxylation sites is 1. The summed E-state index contributed by atoms with van der Waals surface area (Å²) in [5.41, 5.74) is 0.932. The van der Waals surface area contributed by atoms with Crippen LogP contribution in [0.3, 0.4) is 0 Å². The summed E-state index contributed by atoms with van der Waals surface area (Å²) in [6.45, 7) is 1.54. The van der Waals surface area contributed by atoms with Crippen LogP contribution < -0.4 is 4.74 Å². The van der Waals surface area contributed by atoms with E-state index < -0.39 is 4.92 Å². The highest BCUT2D eigenvalue weighted by molar-refractivity contribution is 5.48. The second-order valence-corrected chi connectivity index (χ2v) is 4.30. The SMILES string of the molecule is Cc1nn(C)c(Oc2ccccc2CCO)c1[N+](=O)[O-]. The molecule has 2 aromatic rings. The van der Waals surface area contributed by atoms with Crippen LogP contribution in [0.25, 0.3) is 0 Å². The fourth-order valence-electron chi connectivity index (χ4n) is 1.98. The molecule has 20 heavy (non-hydrogen) atoms. The van der Waals surface area contributed by atoms with Gasteiger partial charge in [0, 0.05) is 13.7 Å². The molecule has 0 amide bonds. The van der Waals surface area contributed by atoms with Gasteiger partial charge >= 0.3 is 5.69 Å². The van der Waals surface area contributed by atoms with E-state index in [1.807, 2.05) is 6.07 Å². The summed E-state index contributed by atoms with van der Waals surface area (Å²) in [5.74, 6) is 0.561. The second-order valence-electron chi connectivity index (χ2n) is 4.30. The van der Waals surface area contributed by atoms with Gasteiger partial charge in [-0.15, -0.1) is 0 Å². The number of aliphatic hydroxyl groups excluding tert-OH is 1. The number of rotatable bonds is 5. The molecule has 0 aliphatic carbocycles. The van der Waals surface area contributed by atoms with E-state index in [1.54, 1.807) is 32.2 Å². The third kappa shape index (κ3) is 2.62. The number of benzene rings is 1. The molecule has 106 valence electrons. The van der Waals surface area contributed by atoms with E-state index in [-0.39, 0.29) is 18.2 Å². The van der Waals surface area contributed by atoms with Gasteiger partial charge in [0.1, 0.15) is 11.4 Å². The van der Waals surface area contributed by atoms with Crippen molar-refractivity contribution in [3.05, 3.63) is 45.6 Å². The Morgan fingerprint density at radius 2 is 2.15 bits per heavy atom. The van der Waals surface area contributed by atoms with Crippen molar-refractivity contribution in [1.82, 2.24) is 9.78 Å². The van der Waals surface area contributed by atoms with Crippen molar-refractivity contribution in [3.63, 3.8) is 0 Å². The van der Waals surface area contributed by atoms with Crippen LogP contribution >= 0.6 is 0 Å². The zero-order valence-electron chi connectivity index (χ0n) is 11.2. The van der Waals surface area contributed by atoms with Crippen molar-refractivity contribution in [1.29, 1.82) is 0 Å². The molecule has 0 bridgehead atoms. The Bertz CT molecular complexity index is 637. The van der Waals surface area contributed by atoms with Gasteiger partial charge in [-0.2, -0.15) is 5.10 Å². The number of nitro groups is 1. The Morgan fingerprint density at radius 3 is 2.80 bits per heavy atom. The van der Waals surface area contributed by atoms with Crippen LogP contribution in [0.15, 0.2) is 24.3 Å². The second kappa shape index (κ2) is 5.70. The smallest absolute Gasteiger partial charge is 0.353 e. The van der Waals surface area contributed by atoms with E-state index in [2.05, 4.69) is 5.10 Å². The fraction of sp³-hybridized carbons (Fsp3) is 0.308. The molecule has 0 spiro atoms. The first-order chi connectivity index (χ1) is 9.54. The highest BCUT2D eigenvalue weighted by Gasteiger charge is 2.26. The first-order valence-electron chi connectivity index (χ1n) is 6.09. The highest BCUT2D eigenvalue weighted by Crippen LogP contribution is 2.34. The molecule has 0 aliphatic rings. The van der Waals surface area contributed by atoms with Gasteiger partial charge in [0.05, 0.1) is 4.92 Å². The Kier molecular flexibility index (Phi) is 3.99. The van der Waals surface area contributed by atoms with Crippen molar-refractivity contribution < 1.29 is 14.8 Å². The normalized spacial score (nSPS) is 10.6. The number of hydrogen-bond donors (Lipinski definition) is 1. The van der Waals surface area contributed by atoms with Crippen molar-refractivity contribution in [2.75, 3.05) is 6.61 Å². The van der Waals surface area contributed by atoms with E-state index in [0.717, 1.165) is 5.56 Å². The number of nitrogens with zero attached hydrogens (tertiary/aromatic N) is 3. The molecule has 1 heterocycles. The number of hydrogen-bond acceptors (Lipinski definition) is 5. The summed E-state index contributed by atoms with van der Waals surface area (Å²) in [6.07, 6.45) is 0.417. The van der Waals surface area contributed by atoms with Crippen LogP contribution in [-0.2, 0) is 13.5 Å². The molecule has 0 saturated carbocycles. The van der Waals surface area contributed by atoms with Crippen molar-refractivity contribution >= 4 is 5.69 Å². The van der Waals surface area contributed by atoms with Gasteiger partial charge < -0.3 is 9.84 Å². The summed E-state index contributed by atoms with van der Waals surface area (Å²) >= 11 is 0. The molecule has 7 nitrogen and oxygen atoms in total. The lowest BCUT2D eigenvalue weighted by molar-refractivity contribution is -0.386. The van der Waals surface area contributed by atoms with Crippen LogP contribution in [0, 0.1) is 17.0 Å². The predicted octanol–water partition coefficient (Wildman–Crippen LogP) is 1.96. The first-order valence-corrected chi connectivity index (χ1v) is 6.09. The molecular weight excluding hydrogens is 262 g/mol. The molecule has 0 atom stereocenters. The maximum absolute atomic E-state index is 11.1. The average molecular weight is 277 g/mol. The van der Waals surface area contributed by atoms with Crippen LogP contribution in [0.1, 0.15) is 11.3 Å². The minimum atomic E-state index is -0.508. The van der Waals surface area contributed by atoms with E-state index in [9.17, 15) is 10.1 Å². The molecular formula is C13H15N3O4. The van der Waals surface area contributed by atoms with Gasteiger partial charge in [-0.3, -0.25) is 10.1 Å². The van der Waals surface area contributed by atoms with Crippen LogP contribution in [0.2, 0.25) is 0 Å². The number of aliphatic hydroxyl groups is 1. The molecule has 1 aromatic carbocycles. The molecule has 1 N–H and O–H groups in total. The van der Waals surface area contributed by atoms with E-state index in [1.165, 1.54) is 4.68 Å². The number of aromatic nitrogens is 2. The van der Waals surface area contributed by atoms with Gasteiger partial charge in [-0.05, 0) is 25.0 Å². The van der Waals surface area contributed by atoms with Crippen molar-refractivity contribution in [3.8, 4) is 11.6 Å². The average Bonchev–Trinajstić information content (AvgIpc) is 2.67. The van der Waals surface area contributed by atoms with Gasteiger partial charge in [-0.1, -0.05) is 18.2 Å². The minimum Gasteiger partial charge on any atom is -0.434 e. The van der Waals surface area contributed by atoms with Gasteiger partial charge in [0.15, 0.2) is 0 Å². The minimum absolute atomic E-state index is 0.0210. The van der Waals surface area contributed by atoms with Crippen LogP contribution in [-0.4, -0.2) is 26.4 Å². The summed E-state index contributed by atoms with van der Waals surface area (Å²) in [5, 5.41) is 24.1. The van der Waals surface area contributed by atoms with Gasteiger partial charge in [0.25, 0.3) is 5.88 Å². The van der Waals surface area contributed by atoms with Gasteiger partial charge in [-0.25, -0.2) is 4.68 Å². The van der Waals surface area contributed by atoms with E-state index in [4.69, 9.17) is 9.84 Å². The Balaban J connectivity index is 2.43. The lowest BCUT2D eigenvalue weighted by atomic mass is 10.1. The number of ether oxygens (including phenoxy) is 1. The van der Waals surface area contributed by atoms with E-state index >= 15 is 0 Å². The molecule has 0 fully saturated rings. The van der Waals surface area contributed by atoms with Crippen molar-refractivity contribution in [2.45, 2.75) is 13.3 Å². The fourth-order valence-corrected chi connectivity index (χ4v) is 1.98.